The molecular formula is C11H24BN. The molecule has 0 N–H and O–H groups in total. The van der Waals surface area contributed by atoms with E-state index in [-0.39, 0.29) is 0 Å². The molecule has 1 aliphatic carbocycles. The zero-order valence-electron chi connectivity index (χ0n) is 9.55. The van der Waals surface area contributed by atoms with E-state index in [1.54, 1.807) is 0 Å². The van der Waals surface area contributed by atoms with Crippen LogP contribution >= 0.6 is 0 Å². The Labute approximate surface area is 84.3 Å². The monoisotopic (exact) mass is 181 g/mol. The van der Waals surface area contributed by atoms with Crippen LogP contribution in [0.25, 0.3) is 0 Å². The Morgan fingerprint density at radius 2 is 2.00 bits per heavy atom. The Morgan fingerprint density at radius 3 is 2.62 bits per heavy atom. The van der Waals surface area contributed by atoms with Crippen LogP contribution in [0, 0.1) is 5.92 Å². The van der Waals surface area contributed by atoms with E-state index >= 15 is 0 Å². The average molecular weight is 181 g/mol. The fourth-order valence-electron chi connectivity index (χ4n) is 2.52. The van der Waals surface area contributed by atoms with Crippen molar-refractivity contribution >= 4 is 7.85 Å². The van der Waals surface area contributed by atoms with Gasteiger partial charge in [-0.1, -0.05) is 26.1 Å². The SMILES string of the molecule is BCCCN(C)C1CCCCC1C. The van der Waals surface area contributed by atoms with Crippen LogP contribution in [0.2, 0.25) is 6.32 Å². The smallest absolute Gasteiger partial charge is 0.101 e. The molecule has 0 bridgehead atoms. The molecule has 76 valence electrons. The van der Waals surface area contributed by atoms with Gasteiger partial charge in [0.1, 0.15) is 7.85 Å². The summed E-state index contributed by atoms with van der Waals surface area (Å²) in [6, 6.07) is 0.875. The van der Waals surface area contributed by atoms with Crippen molar-refractivity contribution in [3.63, 3.8) is 0 Å². The average Bonchev–Trinajstić information content (AvgIpc) is 2.15. The van der Waals surface area contributed by atoms with Gasteiger partial charge in [-0.05, 0) is 38.8 Å². The molecule has 0 saturated heterocycles. The molecular weight excluding hydrogens is 157 g/mol. The normalized spacial score (nSPS) is 29.5. The lowest BCUT2D eigenvalue weighted by Crippen LogP contribution is -2.39. The summed E-state index contributed by atoms with van der Waals surface area (Å²) in [6.07, 6.45) is 8.47. The molecule has 2 unspecified atom stereocenters. The summed E-state index contributed by atoms with van der Waals surface area (Å²) in [4.78, 5) is 2.59. The van der Waals surface area contributed by atoms with Crippen LogP contribution in [0.1, 0.15) is 39.0 Å². The Balaban J connectivity index is 2.30. The van der Waals surface area contributed by atoms with E-state index in [0.717, 1.165) is 12.0 Å². The summed E-state index contributed by atoms with van der Waals surface area (Å²) in [6.45, 7) is 3.72. The maximum atomic E-state index is 2.59. The van der Waals surface area contributed by atoms with E-state index in [4.69, 9.17) is 0 Å². The number of rotatable bonds is 4. The highest BCUT2D eigenvalue weighted by atomic mass is 15.1. The van der Waals surface area contributed by atoms with Crippen molar-refractivity contribution in [2.75, 3.05) is 13.6 Å². The van der Waals surface area contributed by atoms with Gasteiger partial charge in [-0.15, -0.1) is 0 Å². The van der Waals surface area contributed by atoms with Crippen molar-refractivity contribution in [1.29, 1.82) is 0 Å². The second kappa shape index (κ2) is 5.69. The largest absolute Gasteiger partial charge is 0.303 e. The Kier molecular flexibility index (Phi) is 4.86. The van der Waals surface area contributed by atoms with Crippen molar-refractivity contribution in [3.8, 4) is 0 Å². The third kappa shape index (κ3) is 3.34. The minimum absolute atomic E-state index is 0.875. The fraction of sp³-hybridized carbons (Fsp3) is 1.00. The number of nitrogens with zero attached hydrogens (tertiary/aromatic N) is 1. The highest BCUT2D eigenvalue weighted by Gasteiger charge is 2.23. The lowest BCUT2D eigenvalue weighted by molar-refractivity contribution is 0.140. The van der Waals surface area contributed by atoms with Crippen LogP contribution < -0.4 is 0 Å². The van der Waals surface area contributed by atoms with Crippen LogP contribution in [0.3, 0.4) is 0 Å². The summed E-state index contributed by atoms with van der Waals surface area (Å²) in [5.41, 5.74) is 0. The van der Waals surface area contributed by atoms with Crippen LogP contribution in [0.15, 0.2) is 0 Å². The molecule has 0 aromatic carbocycles. The summed E-state index contributed by atoms with van der Waals surface area (Å²) >= 11 is 0. The van der Waals surface area contributed by atoms with Gasteiger partial charge in [0.15, 0.2) is 0 Å². The van der Waals surface area contributed by atoms with Crippen LogP contribution in [-0.2, 0) is 0 Å². The Morgan fingerprint density at radius 1 is 1.31 bits per heavy atom. The van der Waals surface area contributed by atoms with Crippen molar-refractivity contribution in [2.24, 2.45) is 5.92 Å². The zero-order chi connectivity index (χ0) is 9.68. The first-order valence-electron chi connectivity index (χ1n) is 5.96. The highest BCUT2D eigenvalue weighted by molar-refractivity contribution is 6.08. The van der Waals surface area contributed by atoms with E-state index in [1.165, 1.54) is 45.0 Å². The first kappa shape index (κ1) is 11.1. The fourth-order valence-corrected chi connectivity index (χ4v) is 2.52. The van der Waals surface area contributed by atoms with Crippen LogP contribution in [0.5, 0.6) is 0 Å². The quantitative estimate of drug-likeness (QED) is 0.599. The molecule has 2 atom stereocenters. The van der Waals surface area contributed by atoms with Gasteiger partial charge in [-0.2, -0.15) is 0 Å². The second-order valence-corrected chi connectivity index (χ2v) is 4.66. The first-order valence-corrected chi connectivity index (χ1v) is 5.96. The first-order chi connectivity index (χ1) is 6.25. The lowest BCUT2D eigenvalue weighted by atomic mass is 9.85. The van der Waals surface area contributed by atoms with E-state index in [9.17, 15) is 0 Å². The third-order valence-electron chi connectivity index (χ3n) is 3.50. The van der Waals surface area contributed by atoms with Crippen LogP contribution in [0.4, 0.5) is 0 Å². The highest BCUT2D eigenvalue weighted by Crippen LogP contribution is 2.27. The minimum atomic E-state index is 0.875. The van der Waals surface area contributed by atoms with E-state index in [2.05, 4.69) is 26.7 Å². The summed E-state index contributed by atoms with van der Waals surface area (Å²) in [5.74, 6) is 0.926. The molecule has 0 aromatic rings. The molecule has 0 radical (unpaired) electrons. The summed E-state index contributed by atoms with van der Waals surface area (Å²) in [5, 5.41) is 0. The van der Waals surface area contributed by atoms with Gasteiger partial charge in [0.25, 0.3) is 0 Å². The van der Waals surface area contributed by atoms with Gasteiger partial charge >= 0.3 is 0 Å². The molecule has 0 amide bonds. The predicted octanol–water partition coefficient (Wildman–Crippen LogP) is 1.94. The van der Waals surface area contributed by atoms with Crippen molar-refractivity contribution in [3.05, 3.63) is 0 Å². The van der Waals surface area contributed by atoms with E-state index in [0.29, 0.717) is 0 Å². The van der Waals surface area contributed by atoms with Gasteiger partial charge in [0.05, 0.1) is 0 Å². The van der Waals surface area contributed by atoms with E-state index < -0.39 is 0 Å². The topological polar surface area (TPSA) is 3.24 Å². The molecule has 0 aliphatic heterocycles. The van der Waals surface area contributed by atoms with E-state index in [1.807, 2.05) is 0 Å². The van der Waals surface area contributed by atoms with Gasteiger partial charge in [0, 0.05) is 6.04 Å². The molecule has 0 aromatic heterocycles. The predicted molar refractivity (Wildman–Crippen MR) is 62.0 cm³/mol. The number of hydrogen-bond donors (Lipinski definition) is 0. The standard InChI is InChI=1S/C11H24BN/c1-10-6-3-4-7-11(10)13(2)9-5-8-12/h10-11H,3-9,12H2,1-2H3. The molecule has 1 nitrogen and oxygen atoms in total. The van der Waals surface area contributed by atoms with Crippen molar-refractivity contribution in [1.82, 2.24) is 4.90 Å². The van der Waals surface area contributed by atoms with Gasteiger partial charge in [-0.3, -0.25) is 0 Å². The molecule has 1 aliphatic rings. The Bertz CT molecular complexity index is 138. The molecule has 13 heavy (non-hydrogen) atoms. The summed E-state index contributed by atoms with van der Waals surface area (Å²) < 4.78 is 0. The second-order valence-electron chi connectivity index (χ2n) is 4.66. The maximum absolute atomic E-state index is 2.59. The molecule has 2 heteroatoms. The molecule has 1 saturated carbocycles. The summed E-state index contributed by atoms with van der Waals surface area (Å²) in [7, 11) is 4.58. The molecule has 1 rings (SSSR count). The van der Waals surface area contributed by atoms with Gasteiger partial charge < -0.3 is 4.90 Å². The zero-order valence-corrected chi connectivity index (χ0v) is 9.55. The van der Waals surface area contributed by atoms with Gasteiger partial charge in [-0.25, -0.2) is 0 Å². The molecule has 0 spiro atoms. The third-order valence-corrected chi connectivity index (χ3v) is 3.50. The minimum Gasteiger partial charge on any atom is -0.303 e. The Hall–Kier alpha value is 0.0249. The van der Waals surface area contributed by atoms with Crippen LogP contribution in [-0.4, -0.2) is 32.4 Å². The van der Waals surface area contributed by atoms with Crippen molar-refractivity contribution in [2.45, 2.75) is 51.4 Å². The van der Waals surface area contributed by atoms with Gasteiger partial charge in [0.2, 0.25) is 0 Å². The lowest BCUT2D eigenvalue weighted by Gasteiger charge is -2.36. The molecule has 1 fully saturated rings. The van der Waals surface area contributed by atoms with Crippen molar-refractivity contribution < 1.29 is 0 Å². The molecule has 0 heterocycles. The number of hydrogen-bond acceptors (Lipinski definition) is 1. The maximum Gasteiger partial charge on any atom is 0.101 e.